The largest absolute Gasteiger partial charge is 0.500 e. The topological polar surface area (TPSA) is 124 Å². The molecule has 0 saturated heterocycles. The zero-order chi connectivity index (χ0) is 19.9. The fraction of sp³-hybridized carbons (Fsp3) is 0.188. The molecule has 2 heterocycles. The maximum absolute atomic E-state index is 11.1. The molecule has 3 aromatic rings. The summed E-state index contributed by atoms with van der Waals surface area (Å²) in [5.41, 5.74) is 1.21. The van der Waals surface area contributed by atoms with E-state index in [1.54, 1.807) is 13.8 Å². The van der Waals surface area contributed by atoms with E-state index in [4.69, 9.17) is 32.5 Å². The van der Waals surface area contributed by atoms with Gasteiger partial charge in [-0.15, -0.1) is 0 Å². The Morgan fingerprint density at radius 3 is 2.59 bits per heavy atom. The summed E-state index contributed by atoms with van der Waals surface area (Å²) < 4.78 is 10.2. The van der Waals surface area contributed by atoms with Crippen LogP contribution in [0.4, 0.5) is 5.69 Å². The number of rotatable bonds is 4. The highest BCUT2D eigenvalue weighted by atomic mass is 35.5. The number of hydrogen-bond acceptors (Lipinski definition) is 8. The first-order valence-electron chi connectivity index (χ1n) is 7.46. The van der Waals surface area contributed by atoms with E-state index in [0.29, 0.717) is 21.8 Å². The Bertz CT molecular complexity index is 1070. The Kier molecular flexibility index (Phi) is 4.90. The number of phenols is 1. The number of ether oxygens (including phenoxy) is 1. The maximum Gasteiger partial charge on any atom is 0.315 e. The van der Waals surface area contributed by atoms with Gasteiger partial charge in [0.25, 0.3) is 5.89 Å². The van der Waals surface area contributed by atoms with Gasteiger partial charge in [0.05, 0.1) is 33.9 Å². The summed E-state index contributed by atoms with van der Waals surface area (Å²) in [4.78, 5) is 18.8. The fourth-order valence-corrected chi connectivity index (χ4v) is 2.99. The molecule has 0 aliphatic rings. The van der Waals surface area contributed by atoms with Gasteiger partial charge in [-0.05, 0) is 25.5 Å². The maximum atomic E-state index is 11.1. The molecule has 1 aromatic carbocycles. The van der Waals surface area contributed by atoms with Gasteiger partial charge in [0.15, 0.2) is 5.75 Å². The van der Waals surface area contributed by atoms with Gasteiger partial charge in [0.1, 0.15) is 5.15 Å². The zero-order valence-corrected chi connectivity index (χ0v) is 15.8. The van der Waals surface area contributed by atoms with E-state index >= 15 is 0 Å². The third-order valence-corrected chi connectivity index (χ3v) is 4.69. The van der Waals surface area contributed by atoms with Crippen molar-refractivity contribution in [1.29, 1.82) is 0 Å². The number of nitro groups is 1. The van der Waals surface area contributed by atoms with Crippen molar-refractivity contribution in [3.05, 3.63) is 43.7 Å². The first-order chi connectivity index (χ1) is 12.7. The molecule has 0 unspecified atom stereocenters. The van der Waals surface area contributed by atoms with Crippen LogP contribution in [-0.2, 0) is 0 Å². The number of pyridine rings is 1. The molecule has 0 bridgehead atoms. The number of aromatic nitrogens is 3. The van der Waals surface area contributed by atoms with Crippen molar-refractivity contribution in [2.24, 2.45) is 0 Å². The van der Waals surface area contributed by atoms with E-state index in [0.717, 1.165) is 6.07 Å². The minimum absolute atomic E-state index is 0.0291. The van der Waals surface area contributed by atoms with Crippen molar-refractivity contribution in [2.75, 3.05) is 7.11 Å². The van der Waals surface area contributed by atoms with Crippen LogP contribution >= 0.6 is 23.2 Å². The number of phenolic OH excluding ortho intramolecular Hbond substituents is 1. The lowest BCUT2D eigenvalue weighted by Gasteiger charge is -2.08. The number of aromatic hydroxyl groups is 1. The summed E-state index contributed by atoms with van der Waals surface area (Å²) in [5, 5.41) is 25.4. The summed E-state index contributed by atoms with van der Waals surface area (Å²) in [6.45, 7) is 3.46. The van der Waals surface area contributed by atoms with E-state index in [1.165, 1.54) is 13.2 Å². The lowest BCUT2D eigenvalue weighted by atomic mass is 10.1. The number of methoxy groups -OCH3 is 1. The molecule has 0 aliphatic carbocycles. The fourth-order valence-electron chi connectivity index (χ4n) is 2.50. The SMILES string of the molecule is COc1cc(-c2nc(-c3c(Cl)nc(C)c(Cl)c3C)no2)cc([N+](=O)[O-])c1O. The van der Waals surface area contributed by atoms with E-state index in [-0.39, 0.29) is 28.2 Å². The highest BCUT2D eigenvalue weighted by Gasteiger charge is 2.24. The van der Waals surface area contributed by atoms with E-state index in [1.807, 2.05) is 0 Å². The summed E-state index contributed by atoms with van der Waals surface area (Å²) in [6.07, 6.45) is 0. The Labute approximate surface area is 162 Å². The molecule has 27 heavy (non-hydrogen) atoms. The minimum Gasteiger partial charge on any atom is -0.500 e. The Morgan fingerprint density at radius 2 is 1.96 bits per heavy atom. The lowest BCUT2D eigenvalue weighted by molar-refractivity contribution is -0.385. The second-order valence-electron chi connectivity index (χ2n) is 5.53. The highest BCUT2D eigenvalue weighted by molar-refractivity contribution is 6.35. The molecule has 2 aromatic heterocycles. The van der Waals surface area contributed by atoms with Crippen molar-refractivity contribution in [3.63, 3.8) is 0 Å². The average Bonchev–Trinajstić information content (AvgIpc) is 3.09. The molecule has 1 N–H and O–H groups in total. The third kappa shape index (κ3) is 3.26. The van der Waals surface area contributed by atoms with Gasteiger partial charge in [-0.2, -0.15) is 4.98 Å². The van der Waals surface area contributed by atoms with Crippen LogP contribution in [0.25, 0.3) is 22.8 Å². The molecule has 140 valence electrons. The van der Waals surface area contributed by atoms with Crippen molar-refractivity contribution in [3.8, 4) is 34.3 Å². The molecule has 0 radical (unpaired) electrons. The first-order valence-corrected chi connectivity index (χ1v) is 8.22. The monoisotopic (exact) mass is 410 g/mol. The zero-order valence-electron chi connectivity index (χ0n) is 14.3. The van der Waals surface area contributed by atoms with E-state index < -0.39 is 16.4 Å². The standard InChI is InChI=1S/C16H12Cl2N4O5/c1-6-11(14(18)19-7(2)12(6)17)15-20-16(27-21-15)8-4-9(22(24)25)13(23)10(5-8)26-3/h4-5,23H,1-3H3. The summed E-state index contributed by atoms with van der Waals surface area (Å²) in [6, 6.07) is 2.44. The van der Waals surface area contributed by atoms with Crippen LogP contribution in [0.2, 0.25) is 10.2 Å². The molecule has 11 heteroatoms. The van der Waals surface area contributed by atoms with Gasteiger partial charge in [0, 0.05) is 6.07 Å². The predicted octanol–water partition coefficient (Wildman–Crippen LogP) is 4.34. The van der Waals surface area contributed by atoms with Crippen molar-refractivity contribution in [2.45, 2.75) is 13.8 Å². The second kappa shape index (κ2) is 7.01. The average molecular weight is 411 g/mol. The number of halogens is 2. The van der Waals surface area contributed by atoms with Crippen LogP contribution in [0.15, 0.2) is 16.7 Å². The molecular weight excluding hydrogens is 399 g/mol. The molecule has 9 nitrogen and oxygen atoms in total. The van der Waals surface area contributed by atoms with Crippen molar-refractivity contribution >= 4 is 28.9 Å². The van der Waals surface area contributed by atoms with Gasteiger partial charge in [0.2, 0.25) is 11.6 Å². The predicted molar refractivity (Wildman–Crippen MR) is 97.3 cm³/mol. The van der Waals surface area contributed by atoms with Gasteiger partial charge in [-0.3, -0.25) is 10.1 Å². The number of hydrogen-bond donors (Lipinski definition) is 1. The van der Waals surface area contributed by atoms with Crippen molar-refractivity contribution in [1.82, 2.24) is 15.1 Å². The van der Waals surface area contributed by atoms with Crippen LogP contribution in [0.1, 0.15) is 11.3 Å². The van der Waals surface area contributed by atoms with Crippen LogP contribution in [0.3, 0.4) is 0 Å². The molecule has 0 fully saturated rings. The lowest BCUT2D eigenvalue weighted by Crippen LogP contribution is -1.95. The molecular formula is C16H12Cl2N4O5. The molecule has 0 atom stereocenters. The number of nitro benzene ring substituents is 1. The van der Waals surface area contributed by atoms with Gasteiger partial charge in [-0.1, -0.05) is 28.4 Å². The molecule has 0 spiro atoms. The number of aryl methyl sites for hydroxylation is 1. The third-order valence-electron chi connectivity index (χ3n) is 3.86. The van der Waals surface area contributed by atoms with E-state index in [2.05, 4.69) is 15.1 Å². The quantitative estimate of drug-likeness (QED) is 0.382. The number of benzene rings is 1. The van der Waals surface area contributed by atoms with E-state index in [9.17, 15) is 15.2 Å². The molecule has 0 aliphatic heterocycles. The molecule has 3 rings (SSSR count). The second-order valence-corrected chi connectivity index (χ2v) is 6.26. The normalized spacial score (nSPS) is 10.9. The highest BCUT2D eigenvalue weighted by Crippen LogP contribution is 2.40. The van der Waals surface area contributed by atoms with Crippen LogP contribution in [0, 0.1) is 24.0 Å². The number of nitrogens with zero attached hydrogens (tertiary/aromatic N) is 4. The summed E-state index contributed by atoms with van der Waals surface area (Å²) in [7, 11) is 1.27. The van der Waals surface area contributed by atoms with Crippen molar-refractivity contribution < 1.29 is 19.3 Å². The Hall–Kier alpha value is -2.91. The smallest absolute Gasteiger partial charge is 0.315 e. The van der Waals surface area contributed by atoms with Gasteiger partial charge < -0.3 is 14.4 Å². The summed E-state index contributed by atoms with van der Waals surface area (Å²) >= 11 is 12.4. The first kappa shape index (κ1) is 18.9. The summed E-state index contributed by atoms with van der Waals surface area (Å²) in [5.74, 6) is -0.609. The molecule has 0 amide bonds. The minimum atomic E-state index is -0.747. The Morgan fingerprint density at radius 1 is 1.26 bits per heavy atom. The van der Waals surface area contributed by atoms with Crippen LogP contribution < -0.4 is 4.74 Å². The Balaban J connectivity index is 2.14. The van der Waals surface area contributed by atoms with Crippen LogP contribution in [-0.4, -0.2) is 32.3 Å². The molecule has 0 saturated carbocycles. The van der Waals surface area contributed by atoms with Crippen LogP contribution in [0.5, 0.6) is 11.5 Å². The van der Waals surface area contributed by atoms with Gasteiger partial charge >= 0.3 is 5.69 Å². The van der Waals surface area contributed by atoms with Gasteiger partial charge in [-0.25, -0.2) is 4.98 Å².